The van der Waals surface area contributed by atoms with Gasteiger partial charge in [-0.2, -0.15) is 0 Å². The Kier molecular flexibility index (Phi) is 4.11. The molecule has 0 atom stereocenters. The van der Waals surface area contributed by atoms with E-state index in [1.54, 1.807) is 0 Å². The average Bonchev–Trinajstić information content (AvgIpc) is 2.45. The van der Waals surface area contributed by atoms with Gasteiger partial charge < -0.3 is 9.47 Å². The zero-order valence-electron chi connectivity index (χ0n) is 10.8. The molecule has 110 valence electrons. The molecule has 2 rings (SSSR count). The maximum atomic E-state index is 12.4. The second-order valence-electron chi connectivity index (χ2n) is 3.95. The number of para-hydroxylation sites is 1. The molecule has 1 aromatic carbocycles. The lowest BCUT2D eigenvalue weighted by molar-refractivity contribution is -0.274. The number of rotatable bonds is 4. The fourth-order valence-corrected chi connectivity index (χ4v) is 1.74. The summed E-state index contributed by atoms with van der Waals surface area (Å²) < 4.78 is 45.9. The number of methoxy groups -OCH3 is 1. The third kappa shape index (κ3) is 3.50. The van der Waals surface area contributed by atoms with E-state index in [1.807, 2.05) is 0 Å². The van der Waals surface area contributed by atoms with Gasteiger partial charge in [0, 0.05) is 6.20 Å². The summed E-state index contributed by atoms with van der Waals surface area (Å²) in [6.07, 6.45) is -2.22. The monoisotopic (exact) mass is 297 g/mol. The van der Waals surface area contributed by atoms with Gasteiger partial charge in [0.1, 0.15) is 11.5 Å². The Labute approximate surface area is 118 Å². The molecule has 0 unspecified atom stereocenters. The molecule has 0 saturated carbocycles. The fourth-order valence-electron chi connectivity index (χ4n) is 1.74. The molecule has 0 aliphatic rings. The van der Waals surface area contributed by atoms with Crippen LogP contribution in [0.5, 0.6) is 11.5 Å². The minimum absolute atomic E-state index is 0.103. The van der Waals surface area contributed by atoms with Crippen LogP contribution in [0.2, 0.25) is 0 Å². The number of nitrogens with zero attached hydrogens (tertiary/aromatic N) is 1. The molecule has 0 radical (unpaired) electrons. The zero-order chi connectivity index (χ0) is 15.5. The van der Waals surface area contributed by atoms with E-state index in [0.717, 1.165) is 6.07 Å². The van der Waals surface area contributed by atoms with Gasteiger partial charge in [0.05, 0.1) is 24.4 Å². The minimum atomic E-state index is -4.88. The van der Waals surface area contributed by atoms with Crippen molar-refractivity contribution in [3.63, 3.8) is 0 Å². The molecule has 7 heteroatoms. The van der Waals surface area contributed by atoms with E-state index in [1.165, 1.54) is 43.8 Å². The summed E-state index contributed by atoms with van der Waals surface area (Å²) in [5.74, 6) is -1.03. The third-order valence-electron chi connectivity index (χ3n) is 2.61. The summed E-state index contributed by atoms with van der Waals surface area (Å²) in [6, 6.07) is 6.50. The van der Waals surface area contributed by atoms with E-state index in [2.05, 4.69) is 9.72 Å². The van der Waals surface area contributed by atoms with Crippen molar-refractivity contribution in [3.05, 3.63) is 53.9 Å². The number of carbonyl (C=O) groups excluding carboxylic acids is 1. The summed E-state index contributed by atoms with van der Waals surface area (Å²) in [4.78, 5) is 16.2. The molecule has 21 heavy (non-hydrogen) atoms. The van der Waals surface area contributed by atoms with Crippen LogP contribution in [-0.4, -0.2) is 24.2 Å². The predicted molar refractivity (Wildman–Crippen MR) is 67.3 cm³/mol. The highest BCUT2D eigenvalue weighted by atomic mass is 19.4. The van der Waals surface area contributed by atoms with E-state index in [-0.39, 0.29) is 16.9 Å². The van der Waals surface area contributed by atoms with Gasteiger partial charge in [0.15, 0.2) is 0 Å². The molecule has 0 N–H and O–H groups in total. The first kappa shape index (κ1) is 14.8. The van der Waals surface area contributed by atoms with Gasteiger partial charge in [-0.3, -0.25) is 9.78 Å². The second kappa shape index (κ2) is 5.82. The van der Waals surface area contributed by atoms with Crippen LogP contribution in [0.15, 0.2) is 42.7 Å². The van der Waals surface area contributed by atoms with Crippen LogP contribution in [0.25, 0.3) is 0 Å². The molecular weight excluding hydrogens is 287 g/mol. The highest BCUT2D eigenvalue weighted by Gasteiger charge is 2.33. The molecule has 4 nitrogen and oxygen atoms in total. The van der Waals surface area contributed by atoms with Crippen LogP contribution < -0.4 is 9.47 Å². The molecule has 0 spiro atoms. The number of hydrogen-bond acceptors (Lipinski definition) is 4. The first-order valence-corrected chi connectivity index (χ1v) is 5.80. The van der Waals surface area contributed by atoms with Crippen LogP contribution in [0, 0.1) is 0 Å². The van der Waals surface area contributed by atoms with Crippen LogP contribution in [0.1, 0.15) is 15.9 Å². The second-order valence-corrected chi connectivity index (χ2v) is 3.95. The largest absolute Gasteiger partial charge is 0.573 e. The minimum Gasteiger partial charge on any atom is -0.494 e. The Morgan fingerprint density at radius 2 is 1.76 bits per heavy atom. The molecule has 0 aliphatic carbocycles. The number of carbonyl (C=O) groups is 1. The molecule has 0 amide bonds. The van der Waals surface area contributed by atoms with E-state index in [4.69, 9.17) is 4.74 Å². The first-order chi connectivity index (χ1) is 9.92. The number of halogens is 3. The predicted octanol–water partition coefficient (Wildman–Crippen LogP) is 3.22. The molecule has 1 aromatic heterocycles. The van der Waals surface area contributed by atoms with Gasteiger partial charge in [-0.15, -0.1) is 13.2 Å². The smallest absolute Gasteiger partial charge is 0.494 e. The van der Waals surface area contributed by atoms with Crippen molar-refractivity contribution in [1.29, 1.82) is 0 Å². The van der Waals surface area contributed by atoms with Gasteiger partial charge in [-0.25, -0.2) is 0 Å². The number of alkyl halides is 3. The van der Waals surface area contributed by atoms with Crippen LogP contribution in [0.3, 0.4) is 0 Å². The SMILES string of the molecule is COc1cnccc1C(=O)c1ccccc1OC(F)(F)F. The molecule has 0 saturated heterocycles. The summed E-state index contributed by atoms with van der Waals surface area (Å²) in [6.45, 7) is 0. The number of aromatic nitrogens is 1. The standard InChI is InChI=1S/C14H10F3NO3/c1-20-12-8-18-7-6-10(12)13(19)9-4-2-3-5-11(9)21-14(15,16)17/h2-8H,1H3. The lowest BCUT2D eigenvalue weighted by Crippen LogP contribution is -2.19. The van der Waals surface area contributed by atoms with Gasteiger partial charge in [0.25, 0.3) is 0 Å². The van der Waals surface area contributed by atoms with Crippen molar-refractivity contribution in [2.24, 2.45) is 0 Å². The number of benzene rings is 1. The third-order valence-corrected chi connectivity index (χ3v) is 2.61. The molecular formula is C14H10F3NO3. The molecule has 1 heterocycles. The van der Waals surface area contributed by atoms with Crippen molar-refractivity contribution in [3.8, 4) is 11.5 Å². The van der Waals surface area contributed by atoms with Crippen molar-refractivity contribution >= 4 is 5.78 Å². The van der Waals surface area contributed by atoms with Gasteiger partial charge in [-0.1, -0.05) is 12.1 Å². The quantitative estimate of drug-likeness (QED) is 0.813. The molecule has 0 aliphatic heterocycles. The van der Waals surface area contributed by atoms with Crippen molar-refractivity contribution < 1.29 is 27.4 Å². The highest BCUT2D eigenvalue weighted by molar-refractivity contribution is 6.12. The zero-order valence-corrected chi connectivity index (χ0v) is 10.8. The Morgan fingerprint density at radius 3 is 2.43 bits per heavy atom. The Balaban J connectivity index is 2.44. The van der Waals surface area contributed by atoms with Gasteiger partial charge in [-0.05, 0) is 18.2 Å². The van der Waals surface area contributed by atoms with Gasteiger partial charge in [0.2, 0.25) is 5.78 Å². The molecule has 0 bridgehead atoms. The fraction of sp³-hybridized carbons (Fsp3) is 0.143. The Bertz CT molecular complexity index is 656. The number of hydrogen-bond donors (Lipinski definition) is 0. The number of ketones is 1. The highest BCUT2D eigenvalue weighted by Crippen LogP contribution is 2.29. The van der Waals surface area contributed by atoms with Crippen molar-refractivity contribution in [2.45, 2.75) is 6.36 Å². The topological polar surface area (TPSA) is 48.4 Å². The van der Waals surface area contributed by atoms with E-state index < -0.39 is 17.9 Å². The molecule has 2 aromatic rings. The maximum absolute atomic E-state index is 12.4. The van der Waals surface area contributed by atoms with Crippen LogP contribution >= 0.6 is 0 Å². The Hall–Kier alpha value is -2.57. The van der Waals surface area contributed by atoms with Gasteiger partial charge >= 0.3 is 6.36 Å². The Morgan fingerprint density at radius 1 is 1.10 bits per heavy atom. The van der Waals surface area contributed by atoms with E-state index >= 15 is 0 Å². The van der Waals surface area contributed by atoms with E-state index in [9.17, 15) is 18.0 Å². The average molecular weight is 297 g/mol. The summed E-state index contributed by atoms with van der Waals surface area (Å²) in [7, 11) is 1.34. The number of pyridine rings is 1. The maximum Gasteiger partial charge on any atom is 0.573 e. The lowest BCUT2D eigenvalue weighted by Gasteiger charge is -2.13. The summed E-state index contributed by atoms with van der Waals surface area (Å²) >= 11 is 0. The number of ether oxygens (including phenoxy) is 2. The lowest BCUT2D eigenvalue weighted by atomic mass is 10.0. The first-order valence-electron chi connectivity index (χ1n) is 5.80. The van der Waals surface area contributed by atoms with Crippen LogP contribution in [0.4, 0.5) is 13.2 Å². The molecule has 0 fully saturated rings. The summed E-state index contributed by atoms with van der Waals surface area (Å²) in [5.41, 5.74) is -0.106. The normalized spacial score (nSPS) is 11.0. The van der Waals surface area contributed by atoms with Crippen molar-refractivity contribution in [1.82, 2.24) is 4.98 Å². The summed E-state index contributed by atoms with van der Waals surface area (Å²) in [5, 5.41) is 0. The van der Waals surface area contributed by atoms with Crippen LogP contribution in [-0.2, 0) is 0 Å². The van der Waals surface area contributed by atoms with Crippen molar-refractivity contribution in [2.75, 3.05) is 7.11 Å². The van der Waals surface area contributed by atoms with E-state index in [0.29, 0.717) is 0 Å².